The van der Waals surface area contributed by atoms with Crippen molar-refractivity contribution in [1.29, 1.82) is 0 Å². The number of allylic oxidation sites excluding steroid dienone is 8. The molecule has 0 amide bonds. The summed E-state index contributed by atoms with van der Waals surface area (Å²) in [5.74, 6) is -0.903. The van der Waals surface area contributed by atoms with E-state index in [1.54, 1.807) is 0 Å². The van der Waals surface area contributed by atoms with Crippen LogP contribution in [-0.2, 0) is 32.7 Å². The van der Waals surface area contributed by atoms with Gasteiger partial charge < -0.3 is 20.1 Å². The van der Waals surface area contributed by atoms with Gasteiger partial charge in [0.15, 0.2) is 6.10 Å². The van der Waals surface area contributed by atoms with Crippen LogP contribution >= 0.6 is 7.82 Å². The van der Waals surface area contributed by atoms with Crippen molar-refractivity contribution in [3.63, 3.8) is 0 Å². The molecule has 0 radical (unpaired) electrons. The van der Waals surface area contributed by atoms with Crippen LogP contribution < -0.4 is 5.73 Å². The van der Waals surface area contributed by atoms with E-state index in [2.05, 4.69) is 56.4 Å². The van der Waals surface area contributed by atoms with Crippen molar-refractivity contribution in [3.05, 3.63) is 48.6 Å². The van der Waals surface area contributed by atoms with Gasteiger partial charge in [-0.05, 0) is 70.6 Å². The number of phosphoric acid groups is 1. The fourth-order valence-electron chi connectivity index (χ4n) is 5.17. The maximum Gasteiger partial charge on any atom is 0.472 e. The van der Waals surface area contributed by atoms with Crippen molar-refractivity contribution >= 4 is 19.8 Å². The van der Waals surface area contributed by atoms with Crippen LogP contribution in [0.4, 0.5) is 0 Å². The summed E-state index contributed by atoms with van der Waals surface area (Å²) in [6, 6.07) is 0. The van der Waals surface area contributed by atoms with Crippen molar-refractivity contribution < 1.29 is 37.6 Å². The third-order valence-corrected chi connectivity index (χ3v) is 9.17. The maximum atomic E-state index is 12.5. The number of hydrogen-bond donors (Lipinski definition) is 2. The zero-order valence-electron chi connectivity index (χ0n) is 32.3. The smallest absolute Gasteiger partial charge is 0.462 e. The van der Waals surface area contributed by atoms with Crippen LogP contribution in [0, 0.1) is 0 Å². The summed E-state index contributed by atoms with van der Waals surface area (Å²) in [6.07, 6.45) is 41.5. The van der Waals surface area contributed by atoms with Gasteiger partial charge in [-0.1, -0.05) is 133 Å². The topological polar surface area (TPSA) is 134 Å². The van der Waals surface area contributed by atoms with E-state index in [-0.39, 0.29) is 32.6 Å². The summed E-state index contributed by atoms with van der Waals surface area (Å²) in [6.45, 7) is 3.63. The van der Waals surface area contributed by atoms with E-state index in [9.17, 15) is 19.0 Å². The number of esters is 2. The van der Waals surface area contributed by atoms with Gasteiger partial charge in [0.2, 0.25) is 0 Å². The van der Waals surface area contributed by atoms with E-state index in [1.807, 2.05) is 6.08 Å². The van der Waals surface area contributed by atoms with Crippen molar-refractivity contribution in [2.45, 2.75) is 174 Å². The molecular formula is C41H74NO8P. The van der Waals surface area contributed by atoms with Crippen LogP contribution in [0.3, 0.4) is 0 Å². The largest absolute Gasteiger partial charge is 0.472 e. The van der Waals surface area contributed by atoms with E-state index in [1.165, 1.54) is 70.6 Å². The summed E-state index contributed by atoms with van der Waals surface area (Å²) in [7, 11) is -4.39. The highest BCUT2D eigenvalue weighted by Gasteiger charge is 2.25. The van der Waals surface area contributed by atoms with Crippen LogP contribution in [0.2, 0.25) is 0 Å². The zero-order chi connectivity index (χ0) is 37.5. The number of carbonyl (C=O) groups is 2. The van der Waals surface area contributed by atoms with Gasteiger partial charge in [0.1, 0.15) is 6.61 Å². The Morgan fingerprint density at radius 2 is 1.04 bits per heavy atom. The van der Waals surface area contributed by atoms with E-state index in [4.69, 9.17) is 24.3 Å². The molecule has 9 nitrogen and oxygen atoms in total. The SMILES string of the molecule is CCCCCCC=CCCCCCCCC(=O)OCC(COP(=O)(O)OCCN)OC(=O)CCCC=CCC=CCC=CCCCCCCCC. The van der Waals surface area contributed by atoms with E-state index < -0.39 is 32.5 Å². The first-order valence-electron chi connectivity index (χ1n) is 20.1. The average molecular weight is 740 g/mol. The van der Waals surface area contributed by atoms with Crippen LogP contribution in [-0.4, -0.2) is 49.3 Å². The van der Waals surface area contributed by atoms with Crippen molar-refractivity contribution in [2.24, 2.45) is 5.73 Å². The summed E-state index contributed by atoms with van der Waals surface area (Å²) < 4.78 is 32.6. The lowest BCUT2D eigenvalue weighted by Gasteiger charge is -2.19. The molecule has 2 atom stereocenters. The number of nitrogens with two attached hydrogens (primary N) is 1. The van der Waals surface area contributed by atoms with Gasteiger partial charge in [-0.3, -0.25) is 18.6 Å². The Morgan fingerprint density at radius 1 is 0.588 bits per heavy atom. The molecule has 0 heterocycles. The highest BCUT2D eigenvalue weighted by molar-refractivity contribution is 7.47. The van der Waals surface area contributed by atoms with Crippen molar-refractivity contribution in [1.82, 2.24) is 0 Å². The normalized spacial score (nSPS) is 13.9. The monoisotopic (exact) mass is 740 g/mol. The molecule has 0 aliphatic heterocycles. The molecule has 3 N–H and O–H groups in total. The molecule has 0 bridgehead atoms. The molecule has 0 fully saturated rings. The highest BCUT2D eigenvalue weighted by Crippen LogP contribution is 2.43. The van der Waals surface area contributed by atoms with Gasteiger partial charge in [-0.25, -0.2) is 4.57 Å². The molecular weight excluding hydrogens is 665 g/mol. The first-order chi connectivity index (χ1) is 24.8. The molecule has 0 spiro atoms. The summed E-state index contributed by atoms with van der Waals surface area (Å²) in [5.41, 5.74) is 5.33. The second kappa shape index (κ2) is 37.7. The fourth-order valence-corrected chi connectivity index (χ4v) is 5.94. The lowest BCUT2D eigenvalue weighted by Crippen LogP contribution is -2.29. The van der Waals surface area contributed by atoms with Gasteiger partial charge >= 0.3 is 19.8 Å². The molecule has 10 heteroatoms. The van der Waals surface area contributed by atoms with E-state index >= 15 is 0 Å². The summed E-state index contributed by atoms with van der Waals surface area (Å²) >= 11 is 0. The third kappa shape index (κ3) is 37.5. The molecule has 0 aliphatic rings. The number of phosphoric ester groups is 1. The fraction of sp³-hybridized carbons (Fsp3) is 0.756. The lowest BCUT2D eigenvalue weighted by molar-refractivity contribution is -0.161. The van der Waals surface area contributed by atoms with Gasteiger partial charge in [0, 0.05) is 19.4 Å². The average Bonchev–Trinajstić information content (AvgIpc) is 3.11. The first-order valence-corrected chi connectivity index (χ1v) is 21.6. The second-order valence-electron chi connectivity index (χ2n) is 13.1. The van der Waals surface area contributed by atoms with Crippen molar-refractivity contribution in [3.8, 4) is 0 Å². The van der Waals surface area contributed by atoms with Gasteiger partial charge in [0.05, 0.1) is 13.2 Å². The van der Waals surface area contributed by atoms with E-state index in [0.29, 0.717) is 19.3 Å². The quantitative estimate of drug-likeness (QED) is 0.0276. The Labute approximate surface area is 311 Å². The highest BCUT2D eigenvalue weighted by atomic mass is 31.2. The van der Waals surface area contributed by atoms with Gasteiger partial charge in [-0.2, -0.15) is 0 Å². The second-order valence-corrected chi connectivity index (χ2v) is 14.6. The molecule has 0 aliphatic carbocycles. The molecule has 51 heavy (non-hydrogen) atoms. The standard InChI is InChI=1S/C41H74NO8P/c1-3-5-7-9-11-13-15-17-18-19-20-22-24-26-28-30-32-34-41(44)50-39(38-49-51(45,46)48-36-35-42)37-47-40(43)33-31-29-27-25-23-21-16-14-12-10-8-6-4-2/h14,16-18,20,22,26,28,39H,3-13,15,19,21,23-25,27,29-38,42H2,1-2H3,(H,45,46). The Balaban J connectivity index is 4.31. The molecule has 0 saturated heterocycles. The number of ether oxygens (including phenoxy) is 2. The Hall–Kier alpha value is -2.03. The zero-order valence-corrected chi connectivity index (χ0v) is 33.2. The molecule has 0 rings (SSSR count). The molecule has 0 aromatic heterocycles. The molecule has 0 aromatic rings. The Morgan fingerprint density at radius 3 is 1.61 bits per heavy atom. The van der Waals surface area contributed by atoms with Crippen LogP contribution in [0.15, 0.2) is 48.6 Å². The number of carbonyl (C=O) groups excluding carboxylic acids is 2. The number of rotatable bonds is 37. The number of hydrogen-bond acceptors (Lipinski definition) is 8. The van der Waals surface area contributed by atoms with Crippen molar-refractivity contribution in [2.75, 3.05) is 26.4 Å². The van der Waals surface area contributed by atoms with Crippen LogP contribution in [0.1, 0.15) is 168 Å². The number of unbranched alkanes of at least 4 members (excludes halogenated alkanes) is 16. The summed E-state index contributed by atoms with van der Waals surface area (Å²) in [5, 5.41) is 0. The first kappa shape index (κ1) is 49.0. The predicted molar refractivity (Wildman–Crippen MR) is 210 cm³/mol. The third-order valence-electron chi connectivity index (χ3n) is 8.19. The predicted octanol–water partition coefficient (Wildman–Crippen LogP) is 11.2. The van der Waals surface area contributed by atoms with Gasteiger partial charge in [0.25, 0.3) is 0 Å². The molecule has 2 unspecified atom stereocenters. The summed E-state index contributed by atoms with van der Waals surface area (Å²) in [4.78, 5) is 34.7. The van der Waals surface area contributed by atoms with E-state index in [0.717, 1.165) is 51.4 Å². The van der Waals surface area contributed by atoms with Crippen LogP contribution in [0.5, 0.6) is 0 Å². The molecule has 296 valence electrons. The minimum atomic E-state index is -4.39. The van der Waals surface area contributed by atoms with Crippen LogP contribution in [0.25, 0.3) is 0 Å². The van der Waals surface area contributed by atoms with Gasteiger partial charge in [-0.15, -0.1) is 0 Å². The minimum Gasteiger partial charge on any atom is -0.462 e. The minimum absolute atomic E-state index is 0.0433. The molecule has 0 aromatic carbocycles. The Bertz CT molecular complexity index is 981. The lowest BCUT2D eigenvalue weighted by atomic mass is 10.1. The Kier molecular flexibility index (Phi) is 36.2. The maximum absolute atomic E-state index is 12.5. The molecule has 0 saturated carbocycles.